The van der Waals surface area contributed by atoms with Crippen LogP contribution >= 0.6 is 0 Å². The van der Waals surface area contributed by atoms with E-state index in [-0.39, 0.29) is 17.4 Å². The van der Waals surface area contributed by atoms with Crippen LogP contribution in [0.1, 0.15) is 0 Å². The summed E-state index contributed by atoms with van der Waals surface area (Å²) < 4.78 is 18.1. The zero-order valence-corrected chi connectivity index (χ0v) is 8.96. The fraction of sp³-hybridized carbons (Fsp3) is 0. The van der Waals surface area contributed by atoms with Gasteiger partial charge >= 0.3 is 0 Å². The number of nitrogens with one attached hydrogen (secondary N) is 1. The highest BCUT2D eigenvalue weighted by atomic mass is 19.1. The maximum Gasteiger partial charge on any atom is 0.258 e. The van der Waals surface area contributed by atoms with Crippen molar-refractivity contribution >= 4 is 5.69 Å². The van der Waals surface area contributed by atoms with E-state index in [1.54, 1.807) is 0 Å². The molecule has 8 heteroatoms. The molecule has 3 aromatic rings. The number of hydrogen-bond acceptors (Lipinski definition) is 6. The average Bonchev–Trinajstić information content (AvgIpc) is 3.01. The monoisotopic (exact) mass is 246 g/mol. The summed E-state index contributed by atoms with van der Waals surface area (Å²) in [5.41, 5.74) is 6.02. The summed E-state index contributed by atoms with van der Waals surface area (Å²) in [4.78, 5) is 7.99. The van der Waals surface area contributed by atoms with Crippen molar-refractivity contribution in [2.75, 3.05) is 5.73 Å². The van der Waals surface area contributed by atoms with Gasteiger partial charge in [0, 0.05) is 5.56 Å². The van der Waals surface area contributed by atoms with Gasteiger partial charge in [-0.1, -0.05) is 5.16 Å². The normalized spacial score (nSPS) is 10.7. The van der Waals surface area contributed by atoms with E-state index < -0.39 is 5.82 Å². The van der Waals surface area contributed by atoms with Crippen molar-refractivity contribution in [2.24, 2.45) is 0 Å². The van der Waals surface area contributed by atoms with Gasteiger partial charge in [-0.05, 0) is 18.2 Å². The second-order valence-corrected chi connectivity index (χ2v) is 3.49. The molecule has 0 saturated heterocycles. The molecule has 18 heavy (non-hydrogen) atoms. The molecule has 0 fully saturated rings. The number of benzene rings is 1. The third kappa shape index (κ3) is 1.69. The molecule has 0 atom stereocenters. The van der Waals surface area contributed by atoms with Gasteiger partial charge in [-0.25, -0.2) is 9.37 Å². The molecule has 0 aliphatic heterocycles. The van der Waals surface area contributed by atoms with E-state index in [1.165, 1.54) is 24.5 Å². The van der Waals surface area contributed by atoms with Gasteiger partial charge in [0.2, 0.25) is 5.82 Å². The van der Waals surface area contributed by atoms with E-state index >= 15 is 0 Å². The van der Waals surface area contributed by atoms with Gasteiger partial charge in [-0.2, -0.15) is 10.1 Å². The number of H-pyrrole nitrogens is 1. The molecule has 0 bridgehead atoms. The first-order valence-corrected chi connectivity index (χ1v) is 4.99. The van der Waals surface area contributed by atoms with E-state index in [0.717, 1.165) is 0 Å². The van der Waals surface area contributed by atoms with Gasteiger partial charge < -0.3 is 10.3 Å². The van der Waals surface area contributed by atoms with Crippen molar-refractivity contribution in [3.05, 3.63) is 30.3 Å². The molecule has 3 rings (SSSR count). The molecule has 90 valence electrons. The summed E-state index contributed by atoms with van der Waals surface area (Å²) in [6.07, 6.45) is 1.33. The van der Waals surface area contributed by atoms with Crippen molar-refractivity contribution in [2.45, 2.75) is 0 Å². The predicted molar refractivity (Wildman–Crippen MR) is 59.5 cm³/mol. The van der Waals surface area contributed by atoms with Crippen LogP contribution in [0.25, 0.3) is 23.1 Å². The fourth-order valence-corrected chi connectivity index (χ4v) is 1.43. The maximum atomic E-state index is 13.0. The van der Waals surface area contributed by atoms with Gasteiger partial charge in [0.1, 0.15) is 12.1 Å². The first kappa shape index (κ1) is 10.4. The molecular formula is C10H7FN6O. The molecule has 0 aliphatic carbocycles. The van der Waals surface area contributed by atoms with Crippen LogP contribution in [0.2, 0.25) is 0 Å². The minimum Gasteiger partial charge on any atom is -0.396 e. The Morgan fingerprint density at radius 2 is 2.22 bits per heavy atom. The molecule has 0 aliphatic rings. The Hall–Kier alpha value is -2.77. The second-order valence-electron chi connectivity index (χ2n) is 3.49. The third-order valence-electron chi connectivity index (χ3n) is 2.30. The summed E-state index contributed by atoms with van der Waals surface area (Å²) in [7, 11) is 0. The highest BCUT2D eigenvalue weighted by molar-refractivity contribution is 5.61. The Morgan fingerprint density at radius 3 is 2.94 bits per heavy atom. The van der Waals surface area contributed by atoms with Crippen LogP contribution in [0.5, 0.6) is 0 Å². The van der Waals surface area contributed by atoms with Gasteiger partial charge in [-0.15, -0.1) is 0 Å². The number of nitrogen functional groups attached to an aromatic ring is 1. The van der Waals surface area contributed by atoms with Crippen molar-refractivity contribution in [1.29, 1.82) is 0 Å². The van der Waals surface area contributed by atoms with Crippen molar-refractivity contribution in [3.63, 3.8) is 0 Å². The lowest BCUT2D eigenvalue weighted by molar-refractivity contribution is 0.432. The third-order valence-corrected chi connectivity index (χ3v) is 2.30. The smallest absolute Gasteiger partial charge is 0.258 e. The summed E-state index contributed by atoms with van der Waals surface area (Å²) in [5, 5.41) is 10.0. The lowest BCUT2D eigenvalue weighted by atomic mass is 10.2. The minimum atomic E-state index is -0.492. The fourth-order valence-electron chi connectivity index (χ4n) is 1.43. The van der Waals surface area contributed by atoms with Gasteiger partial charge in [-0.3, -0.25) is 5.10 Å². The molecule has 0 radical (unpaired) electrons. The molecule has 0 spiro atoms. The summed E-state index contributed by atoms with van der Waals surface area (Å²) >= 11 is 0. The molecule has 7 nitrogen and oxygen atoms in total. The quantitative estimate of drug-likeness (QED) is 0.659. The number of rotatable bonds is 2. The molecule has 3 N–H and O–H groups in total. The molecular weight excluding hydrogens is 239 g/mol. The molecule has 0 amide bonds. The van der Waals surface area contributed by atoms with Crippen LogP contribution in [0.3, 0.4) is 0 Å². The van der Waals surface area contributed by atoms with Crippen LogP contribution in [-0.2, 0) is 0 Å². The number of nitrogens with two attached hydrogens (primary N) is 1. The van der Waals surface area contributed by atoms with Crippen LogP contribution in [-0.4, -0.2) is 25.3 Å². The van der Waals surface area contributed by atoms with Crippen LogP contribution < -0.4 is 5.73 Å². The molecule has 2 aromatic heterocycles. The van der Waals surface area contributed by atoms with E-state index in [9.17, 15) is 4.39 Å². The maximum absolute atomic E-state index is 13.0. The number of aromatic nitrogens is 5. The Kier molecular flexibility index (Phi) is 2.26. The number of nitrogens with zero attached hydrogens (tertiary/aromatic N) is 4. The minimum absolute atomic E-state index is 0.0203. The summed E-state index contributed by atoms with van der Waals surface area (Å²) in [6, 6.07) is 4.17. The largest absolute Gasteiger partial charge is 0.396 e. The number of anilines is 1. The van der Waals surface area contributed by atoms with Gasteiger partial charge in [0.05, 0.1) is 5.69 Å². The summed E-state index contributed by atoms with van der Waals surface area (Å²) in [5.74, 6) is 0.396. The molecule has 0 saturated carbocycles. The standard InChI is InChI=1S/C10H7FN6O/c11-6-2-1-5(3-7(6)12)10-15-9(17-18-10)8-13-4-14-16-8/h1-4H,12H2,(H,13,14,16). The topological polar surface area (TPSA) is 107 Å². The lowest BCUT2D eigenvalue weighted by Gasteiger charge is -1.97. The molecule has 2 heterocycles. The molecule has 1 aromatic carbocycles. The van der Waals surface area contributed by atoms with Crippen LogP contribution in [0, 0.1) is 5.82 Å². The average molecular weight is 246 g/mol. The van der Waals surface area contributed by atoms with E-state index in [1.807, 2.05) is 0 Å². The van der Waals surface area contributed by atoms with E-state index in [4.69, 9.17) is 10.3 Å². The molecule has 0 unspecified atom stereocenters. The van der Waals surface area contributed by atoms with Gasteiger partial charge in [0.25, 0.3) is 5.89 Å². The second kappa shape index (κ2) is 3.91. The van der Waals surface area contributed by atoms with E-state index in [2.05, 4.69) is 25.3 Å². The Labute approximate surface area is 99.9 Å². The summed E-state index contributed by atoms with van der Waals surface area (Å²) in [6.45, 7) is 0. The van der Waals surface area contributed by atoms with E-state index in [0.29, 0.717) is 11.4 Å². The number of hydrogen-bond donors (Lipinski definition) is 2. The first-order chi connectivity index (χ1) is 8.74. The zero-order valence-electron chi connectivity index (χ0n) is 8.96. The van der Waals surface area contributed by atoms with Gasteiger partial charge in [0.15, 0.2) is 5.82 Å². The van der Waals surface area contributed by atoms with Crippen LogP contribution in [0.4, 0.5) is 10.1 Å². The first-order valence-electron chi connectivity index (χ1n) is 4.99. The lowest BCUT2D eigenvalue weighted by Crippen LogP contribution is -1.91. The Morgan fingerprint density at radius 1 is 1.33 bits per heavy atom. The number of aromatic amines is 1. The highest BCUT2D eigenvalue weighted by Gasteiger charge is 2.13. The zero-order chi connectivity index (χ0) is 12.5. The SMILES string of the molecule is Nc1cc(-c2nc(-c3ncn[nH]3)no2)ccc1F. The van der Waals surface area contributed by atoms with Crippen molar-refractivity contribution < 1.29 is 8.91 Å². The Balaban J connectivity index is 2.00. The van der Waals surface area contributed by atoms with Crippen molar-refractivity contribution in [1.82, 2.24) is 25.3 Å². The van der Waals surface area contributed by atoms with Crippen molar-refractivity contribution in [3.8, 4) is 23.1 Å². The predicted octanol–water partition coefficient (Wildman–Crippen LogP) is 1.24. The highest BCUT2D eigenvalue weighted by Crippen LogP contribution is 2.23. The Bertz CT molecular complexity index is 678. The van der Waals surface area contributed by atoms with Crippen LogP contribution in [0.15, 0.2) is 29.0 Å². The number of halogens is 1.